The highest BCUT2D eigenvalue weighted by atomic mass is 35.5. The number of fused-ring (bicyclic) bond motifs is 1. The van der Waals surface area contributed by atoms with Crippen molar-refractivity contribution in [3.63, 3.8) is 0 Å². The van der Waals surface area contributed by atoms with Crippen molar-refractivity contribution in [3.05, 3.63) is 41.0 Å². The van der Waals surface area contributed by atoms with Gasteiger partial charge in [-0.25, -0.2) is 8.42 Å². The first-order valence-corrected chi connectivity index (χ1v) is 9.66. The molecule has 0 aliphatic carbocycles. The van der Waals surface area contributed by atoms with Crippen molar-refractivity contribution in [2.45, 2.75) is 25.9 Å². The summed E-state index contributed by atoms with van der Waals surface area (Å²) in [6.45, 7) is 3.47. The maximum absolute atomic E-state index is 11.7. The molecular weight excluding hydrogens is 320 g/mol. The SMILES string of the molecule is CCN(Cc1c(Cl)ccc2cccnc12)[C@@H]1CCS(=O)(=O)C1. The van der Waals surface area contributed by atoms with Crippen molar-refractivity contribution in [1.29, 1.82) is 0 Å². The van der Waals surface area contributed by atoms with E-state index in [-0.39, 0.29) is 17.5 Å². The molecular formula is C16H19ClN2O2S. The van der Waals surface area contributed by atoms with Gasteiger partial charge in [0, 0.05) is 34.8 Å². The molecule has 1 saturated heterocycles. The van der Waals surface area contributed by atoms with Gasteiger partial charge in [0.25, 0.3) is 0 Å². The smallest absolute Gasteiger partial charge is 0.151 e. The van der Waals surface area contributed by atoms with E-state index in [9.17, 15) is 8.42 Å². The highest BCUT2D eigenvalue weighted by Gasteiger charge is 2.32. The standard InChI is InChI=1S/C16H19ClN2O2S/c1-2-19(13-7-9-22(20,21)11-13)10-14-15(17)6-5-12-4-3-8-18-16(12)14/h3-6,8,13H,2,7,9-11H2,1H3/t13-/m1/s1. The zero-order valence-corrected chi connectivity index (χ0v) is 14.1. The third-order valence-corrected chi connectivity index (χ3v) is 6.42. The molecule has 0 radical (unpaired) electrons. The maximum Gasteiger partial charge on any atom is 0.151 e. The van der Waals surface area contributed by atoms with E-state index in [1.165, 1.54) is 0 Å². The van der Waals surface area contributed by atoms with Gasteiger partial charge in [-0.1, -0.05) is 30.7 Å². The Balaban J connectivity index is 1.93. The molecule has 3 rings (SSSR count). The lowest BCUT2D eigenvalue weighted by atomic mass is 10.1. The topological polar surface area (TPSA) is 50.3 Å². The number of sulfone groups is 1. The molecule has 0 unspecified atom stereocenters. The first kappa shape index (κ1) is 15.7. The molecule has 1 aliphatic heterocycles. The van der Waals surface area contributed by atoms with Gasteiger partial charge in [0.1, 0.15) is 0 Å². The zero-order chi connectivity index (χ0) is 15.7. The fraction of sp³-hybridized carbons (Fsp3) is 0.438. The van der Waals surface area contributed by atoms with Crippen molar-refractivity contribution < 1.29 is 8.42 Å². The monoisotopic (exact) mass is 338 g/mol. The van der Waals surface area contributed by atoms with Crippen LogP contribution in [0, 0.1) is 0 Å². The van der Waals surface area contributed by atoms with Crippen LogP contribution in [0.5, 0.6) is 0 Å². The van der Waals surface area contributed by atoms with Crippen molar-refractivity contribution in [2.24, 2.45) is 0 Å². The number of nitrogens with zero attached hydrogens (tertiary/aromatic N) is 2. The third-order valence-electron chi connectivity index (χ3n) is 4.31. The van der Waals surface area contributed by atoms with Gasteiger partial charge in [-0.15, -0.1) is 0 Å². The fourth-order valence-electron chi connectivity index (χ4n) is 3.10. The highest BCUT2D eigenvalue weighted by Crippen LogP contribution is 2.28. The molecule has 1 aromatic carbocycles. The molecule has 0 bridgehead atoms. The Morgan fingerprint density at radius 2 is 2.18 bits per heavy atom. The summed E-state index contributed by atoms with van der Waals surface area (Å²) in [6.07, 6.45) is 2.46. The van der Waals surface area contributed by atoms with Crippen LogP contribution in [0.4, 0.5) is 0 Å². The Kier molecular flexibility index (Phi) is 4.39. The molecule has 22 heavy (non-hydrogen) atoms. The minimum absolute atomic E-state index is 0.0741. The minimum atomic E-state index is -2.89. The Morgan fingerprint density at radius 1 is 1.36 bits per heavy atom. The molecule has 0 amide bonds. The van der Waals surface area contributed by atoms with E-state index in [1.807, 2.05) is 24.3 Å². The number of benzene rings is 1. The predicted octanol–water partition coefficient (Wildman–Crippen LogP) is 2.90. The van der Waals surface area contributed by atoms with E-state index < -0.39 is 9.84 Å². The second-order valence-corrected chi connectivity index (χ2v) is 8.36. The van der Waals surface area contributed by atoms with Crippen LogP contribution in [0.1, 0.15) is 18.9 Å². The molecule has 2 heterocycles. The zero-order valence-electron chi connectivity index (χ0n) is 12.5. The van der Waals surface area contributed by atoms with Crippen LogP contribution in [0.2, 0.25) is 5.02 Å². The number of hydrogen-bond acceptors (Lipinski definition) is 4. The van der Waals surface area contributed by atoms with Crippen LogP contribution >= 0.6 is 11.6 Å². The van der Waals surface area contributed by atoms with Crippen LogP contribution in [0.15, 0.2) is 30.5 Å². The van der Waals surface area contributed by atoms with E-state index in [2.05, 4.69) is 16.8 Å². The predicted molar refractivity (Wildman–Crippen MR) is 89.9 cm³/mol. The molecule has 1 aromatic heterocycles. The average molecular weight is 339 g/mol. The lowest BCUT2D eigenvalue weighted by Gasteiger charge is -2.27. The van der Waals surface area contributed by atoms with Gasteiger partial charge in [0.05, 0.1) is 17.0 Å². The molecule has 118 valence electrons. The summed E-state index contributed by atoms with van der Waals surface area (Å²) in [5.41, 5.74) is 1.88. The number of hydrogen-bond donors (Lipinski definition) is 0. The van der Waals surface area contributed by atoms with Crippen LogP contribution < -0.4 is 0 Å². The van der Waals surface area contributed by atoms with E-state index in [4.69, 9.17) is 11.6 Å². The van der Waals surface area contributed by atoms with Crippen LogP contribution in [0.3, 0.4) is 0 Å². The first-order chi connectivity index (χ1) is 10.5. The lowest BCUT2D eigenvalue weighted by Crippen LogP contribution is -2.35. The van der Waals surface area contributed by atoms with E-state index in [0.29, 0.717) is 18.0 Å². The molecule has 4 nitrogen and oxygen atoms in total. The number of rotatable bonds is 4. The van der Waals surface area contributed by atoms with Crippen molar-refractivity contribution in [1.82, 2.24) is 9.88 Å². The van der Waals surface area contributed by atoms with Gasteiger partial charge in [-0.2, -0.15) is 0 Å². The normalized spacial score (nSPS) is 20.8. The Morgan fingerprint density at radius 3 is 2.86 bits per heavy atom. The second kappa shape index (κ2) is 6.14. The number of aromatic nitrogens is 1. The van der Waals surface area contributed by atoms with Gasteiger partial charge in [0.15, 0.2) is 9.84 Å². The number of pyridine rings is 1. The average Bonchev–Trinajstić information content (AvgIpc) is 2.86. The Bertz CT molecular complexity index is 792. The van der Waals surface area contributed by atoms with Crippen molar-refractivity contribution >= 4 is 32.3 Å². The summed E-state index contributed by atoms with van der Waals surface area (Å²) in [5.74, 6) is 0.534. The molecule has 0 spiro atoms. The summed E-state index contributed by atoms with van der Waals surface area (Å²) >= 11 is 6.38. The Hall–Kier alpha value is -1.17. The van der Waals surface area contributed by atoms with E-state index in [0.717, 1.165) is 23.0 Å². The molecule has 0 N–H and O–H groups in total. The fourth-order valence-corrected chi connectivity index (χ4v) is 5.07. The van der Waals surface area contributed by atoms with Crippen LogP contribution in [-0.4, -0.2) is 42.4 Å². The van der Waals surface area contributed by atoms with Crippen LogP contribution in [-0.2, 0) is 16.4 Å². The van der Waals surface area contributed by atoms with Crippen LogP contribution in [0.25, 0.3) is 10.9 Å². The summed E-state index contributed by atoms with van der Waals surface area (Å²) < 4.78 is 23.5. The third kappa shape index (κ3) is 3.12. The van der Waals surface area contributed by atoms with Gasteiger partial charge >= 0.3 is 0 Å². The van der Waals surface area contributed by atoms with Crippen molar-refractivity contribution in [3.8, 4) is 0 Å². The first-order valence-electron chi connectivity index (χ1n) is 7.47. The molecule has 1 fully saturated rings. The van der Waals surface area contributed by atoms with E-state index >= 15 is 0 Å². The molecule has 1 atom stereocenters. The summed E-state index contributed by atoms with van der Waals surface area (Å²) in [7, 11) is -2.89. The van der Waals surface area contributed by atoms with E-state index in [1.54, 1.807) is 6.20 Å². The molecule has 6 heteroatoms. The number of halogens is 1. The lowest BCUT2D eigenvalue weighted by molar-refractivity contribution is 0.215. The molecule has 0 saturated carbocycles. The van der Waals surface area contributed by atoms with Gasteiger partial charge in [-0.3, -0.25) is 9.88 Å². The molecule has 2 aromatic rings. The maximum atomic E-state index is 11.7. The summed E-state index contributed by atoms with van der Waals surface area (Å²) in [4.78, 5) is 6.65. The summed E-state index contributed by atoms with van der Waals surface area (Å²) in [6, 6.07) is 7.84. The van der Waals surface area contributed by atoms with Crippen molar-refractivity contribution in [2.75, 3.05) is 18.1 Å². The largest absolute Gasteiger partial charge is 0.295 e. The van der Waals surface area contributed by atoms with Gasteiger partial charge < -0.3 is 0 Å². The van der Waals surface area contributed by atoms with Gasteiger partial charge in [-0.05, 0) is 25.1 Å². The Labute approximate surface area is 136 Å². The molecule has 1 aliphatic rings. The highest BCUT2D eigenvalue weighted by molar-refractivity contribution is 7.91. The minimum Gasteiger partial charge on any atom is -0.295 e. The summed E-state index contributed by atoms with van der Waals surface area (Å²) in [5, 5.41) is 1.74. The second-order valence-electron chi connectivity index (χ2n) is 5.72. The quantitative estimate of drug-likeness (QED) is 0.860. The van der Waals surface area contributed by atoms with Gasteiger partial charge in [0.2, 0.25) is 0 Å².